The lowest BCUT2D eigenvalue weighted by Crippen LogP contribution is -1.95. The van der Waals surface area contributed by atoms with Crippen molar-refractivity contribution in [1.29, 1.82) is 0 Å². The summed E-state index contributed by atoms with van der Waals surface area (Å²) in [5, 5.41) is 0. The summed E-state index contributed by atoms with van der Waals surface area (Å²) in [5.41, 5.74) is 0. The summed E-state index contributed by atoms with van der Waals surface area (Å²) in [6.45, 7) is 0. The second-order valence-corrected chi connectivity index (χ2v) is 5.97. The fourth-order valence-corrected chi connectivity index (χ4v) is 2.34. The van der Waals surface area contributed by atoms with Crippen LogP contribution >= 0.6 is 23.2 Å². The van der Waals surface area contributed by atoms with E-state index < -0.39 is 16.2 Å². The smallest absolute Gasteiger partial charge is 0.207 e. The number of halogens is 4. The first-order chi connectivity index (χ1) is 6.42. The van der Waals surface area contributed by atoms with E-state index in [1.165, 1.54) is 0 Å². The molecule has 0 aromatic rings. The second kappa shape index (κ2) is 3.48. The number of unbranched alkanes of at least 4 members (excludes halogenated alkanes) is 1. The average molecular weight is 242 g/mol. The van der Waals surface area contributed by atoms with Gasteiger partial charge < -0.3 is 0 Å². The number of hydrogen-bond acceptors (Lipinski definition) is 0. The minimum absolute atomic E-state index is 0.0713. The lowest BCUT2D eigenvalue weighted by molar-refractivity contribution is 0.0985. The van der Waals surface area contributed by atoms with Gasteiger partial charge in [0.2, 0.25) is 0 Å². The Hall–Kier alpha value is 0.440. The van der Waals surface area contributed by atoms with Crippen LogP contribution in [0.25, 0.3) is 0 Å². The zero-order valence-electron chi connectivity index (χ0n) is 7.78. The monoisotopic (exact) mass is 241 g/mol. The zero-order chi connectivity index (χ0) is 10.4. The van der Waals surface area contributed by atoms with Gasteiger partial charge in [0.25, 0.3) is 5.92 Å². The van der Waals surface area contributed by atoms with Gasteiger partial charge in [0.05, 0.1) is 0 Å². The number of alkyl halides is 4. The molecule has 1 radical (unpaired) electrons. The van der Waals surface area contributed by atoms with Crippen molar-refractivity contribution in [2.45, 2.75) is 42.4 Å². The first-order valence-electron chi connectivity index (χ1n) is 4.99. The summed E-state index contributed by atoms with van der Waals surface area (Å²) in [5.74, 6) is -2.39. The maximum atomic E-state index is 12.5. The van der Waals surface area contributed by atoms with E-state index in [0.29, 0.717) is 12.3 Å². The predicted molar refractivity (Wildman–Crippen MR) is 53.7 cm³/mol. The SMILES string of the molecule is FC1(F)CC1C[CH]CCC1CC1(Cl)Cl. The fourth-order valence-electron chi connectivity index (χ4n) is 1.75. The van der Waals surface area contributed by atoms with Crippen LogP contribution in [0.15, 0.2) is 0 Å². The quantitative estimate of drug-likeness (QED) is 0.500. The standard InChI is InChI=1S/C10H13Cl2F2/c11-9(12)5-7(9)3-1-2-4-8-6-10(8,13)14/h2,7-8H,1,3-6H2. The van der Waals surface area contributed by atoms with Crippen LogP contribution in [0.5, 0.6) is 0 Å². The highest BCUT2D eigenvalue weighted by Crippen LogP contribution is 2.56. The summed E-state index contributed by atoms with van der Waals surface area (Å²) >= 11 is 11.7. The van der Waals surface area contributed by atoms with Gasteiger partial charge in [0, 0.05) is 12.3 Å². The van der Waals surface area contributed by atoms with E-state index >= 15 is 0 Å². The van der Waals surface area contributed by atoms with Crippen LogP contribution in [0.1, 0.15) is 32.1 Å². The highest BCUT2D eigenvalue weighted by molar-refractivity contribution is 6.50. The Kier molecular flexibility index (Phi) is 2.72. The highest BCUT2D eigenvalue weighted by atomic mass is 35.5. The molecule has 0 aromatic heterocycles. The van der Waals surface area contributed by atoms with Crippen LogP contribution in [0.4, 0.5) is 8.78 Å². The molecule has 2 aliphatic carbocycles. The molecule has 0 amide bonds. The van der Waals surface area contributed by atoms with Crippen LogP contribution in [0.3, 0.4) is 0 Å². The average Bonchev–Trinajstić information content (AvgIpc) is 2.84. The molecular formula is C10H13Cl2F2. The van der Waals surface area contributed by atoms with Gasteiger partial charge in [0.15, 0.2) is 0 Å². The van der Waals surface area contributed by atoms with Crippen molar-refractivity contribution < 1.29 is 8.78 Å². The Morgan fingerprint density at radius 1 is 1.21 bits per heavy atom. The summed E-state index contributed by atoms with van der Waals surface area (Å²) in [7, 11) is 0. The van der Waals surface area contributed by atoms with Crippen LogP contribution in [0.2, 0.25) is 0 Å². The summed E-state index contributed by atoms with van der Waals surface area (Å²) in [4.78, 5) is 0. The minimum Gasteiger partial charge on any atom is -0.207 e. The third kappa shape index (κ3) is 2.52. The molecule has 0 aliphatic heterocycles. The Morgan fingerprint density at radius 3 is 2.21 bits per heavy atom. The van der Waals surface area contributed by atoms with E-state index in [0.717, 1.165) is 19.3 Å². The maximum Gasteiger partial charge on any atom is 0.251 e. The van der Waals surface area contributed by atoms with Gasteiger partial charge in [-0.05, 0) is 38.0 Å². The van der Waals surface area contributed by atoms with E-state index in [1.54, 1.807) is 0 Å². The molecule has 14 heavy (non-hydrogen) atoms. The van der Waals surface area contributed by atoms with Crippen molar-refractivity contribution in [1.82, 2.24) is 0 Å². The zero-order valence-corrected chi connectivity index (χ0v) is 9.29. The van der Waals surface area contributed by atoms with Gasteiger partial charge in [-0.25, -0.2) is 8.78 Å². The largest absolute Gasteiger partial charge is 0.251 e. The van der Waals surface area contributed by atoms with Gasteiger partial charge in [0.1, 0.15) is 4.33 Å². The first-order valence-corrected chi connectivity index (χ1v) is 5.75. The third-order valence-corrected chi connectivity index (χ3v) is 4.01. The van der Waals surface area contributed by atoms with E-state index in [1.807, 2.05) is 6.42 Å². The lowest BCUT2D eigenvalue weighted by Gasteiger charge is -2.00. The van der Waals surface area contributed by atoms with Crippen molar-refractivity contribution in [2.75, 3.05) is 0 Å². The molecule has 2 atom stereocenters. The summed E-state index contributed by atoms with van der Waals surface area (Å²) in [6, 6.07) is 0. The van der Waals surface area contributed by atoms with E-state index in [2.05, 4.69) is 0 Å². The fraction of sp³-hybridized carbons (Fsp3) is 0.900. The van der Waals surface area contributed by atoms with Crippen molar-refractivity contribution in [3.8, 4) is 0 Å². The van der Waals surface area contributed by atoms with Crippen LogP contribution < -0.4 is 0 Å². The molecule has 0 N–H and O–H groups in total. The van der Waals surface area contributed by atoms with E-state index in [-0.39, 0.29) is 6.42 Å². The van der Waals surface area contributed by atoms with Crippen molar-refractivity contribution >= 4 is 23.2 Å². The number of hydrogen-bond donors (Lipinski definition) is 0. The normalized spacial score (nSPS) is 36.9. The van der Waals surface area contributed by atoms with Gasteiger partial charge in [-0.1, -0.05) is 0 Å². The Balaban J connectivity index is 1.49. The topological polar surface area (TPSA) is 0 Å². The van der Waals surface area contributed by atoms with E-state index in [4.69, 9.17) is 23.2 Å². The van der Waals surface area contributed by atoms with Gasteiger partial charge >= 0.3 is 0 Å². The number of rotatable bonds is 5. The Morgan fingerprint density at radius 2 is 1.79 bits per heavy atom. The molecule has 0 nitrogen and oxygen atoms in total. The first kappa shape index (κ1) is 10.9. The third-order valence-electron chi connectivity index (χ3n) is 3.08. The van der Waals surface area contributed by atoms with Crippen LogP contribution in [0, 0.1) is 18.3 Å². The summed E-state index contributed by atoms with van der Waals surface area (Å²) < 4.78 is 24.4. The molecule has 81 valence electrons. The molecule has 0 saturated heterocycles. The van der Waals surface area contributed by atoms with Crippen LogP contribution in [-0.2, 0) is 0 Å². The van der Waals surface area contributed by atoms with Gasteiger partial charge in [-0.2, -0.15) is 0 Å². The minimum atomic E-state index is -2.38. The highest BCUT2D eigenvalue weighted by Gasteiger charge is 2.56. The second-order valence-electron chi connectivity index (χ2n) is 4.43. The summed E-state index contributed by atoms with van der Waals surface area (Å²) in [6.07, 6.45) is 5.21. The maximum absolute atomic E-state index is 12.5. The molecular weight excluding hydrogens is 229 g/mol. The Labute approximate surface area is 92.9 Å². The lowest BCUT2D eigenvalue weighted by atomic mass is 10.1. The molecule has 0 heterocycles. The molecule has 0 aromatic carbocycles. The van der Waals surface area contributed by atoms with Gasteiger partial charge in [-0.15, -0.1) is 23.2 Å². The molecule has 2 unspecified atom stereocenters. The van der Waals surface area contributed by atoms with Crippen LogP contribution in [-0.4, -0.2) is 10.3 Å². The molecule has 2 rings (SSSR count). The molecule has 4 heteroatoms. The molecule has 2 saturated carbocycles. The van der Waals surface area contributed by atoms with Crippen molar-refractivity contribution in [3.63, 3.8) is 0 Å². The van der Waals surface area contributed by atoms with Crippen molar-refractivity contribution in [2.24, 2.45) is 11.8 Å². The van der Waals surface area contributed by atoms with Gasteiger partial charge in [-0.3, -0.25) is 0 Å². The molecule has 0 spiro atoms. The molecule has 0 bridgehead atoms. The molecule has 2 fully saturated rings. The van der Waals surface area contributed by atoms with Crippen molar-refractivity contribution in [3.05, 3.63) is 6.42 Å². The van der Waals surface area contributed by atoms with E-state index in [9.17, 15) is 8.78 Å². The Bertz CT molecular complexity index is 204. The molecule has 2 aliphatic rings. The predicted octanol–water partition coefficient (Wildman–Crippen LogP) is 4.21.